The summed E-state index contributed by atoms with van der Waals surface area (Å²) >= 11 is 0. The Morgan fingerprint density at radius 2 is 1.59 bits per heavy atom. The van der Waals surface area contributed by atoms with Crippen LogP contribution in [0, 0.1) is 11.8 Å². The van der Waals surface area contributed by atoms with Gasteiger partial charge in [0.1, 0.15) is 0 Å². The van der Waals surface area contributed by atoms with Crippen LogP contribution in [0.5, 0.6) is 0 Å². The average Bonchev–Trinajstić information content (AvgIpc) is 3.29. The van der Waals surface area contributed by atoms with Crippen LogP contribution < -0.4 is 0 Å². The third kappa shape index (κ3) is 2.73. The van der Waals surface area contributed by atoms with Gasteiger partial charge in [0.05, 0.1) is 11.6 Å². The van der Waals surface area contributed by atoms with E-state index in [1.54, 1.807) is 0 Å². The number of benzene rings is 1. The number of nitrogens with zero attached hydrogens (tertiary/aromatic N) is 1. The Hall–Kier alpha value is -1.16. The lowest BCUT2D eigenvalue weighted by molar-refractivity contribution is 0.0591. The normalized spacial score (nSPS) is 35.7. The molecule has 4 rings (SSSR count). The van der Waals surface area contributed by atoms with Crippen LogP contribution in [0.3, 0.4) is 0 Å². The van der Waals surface area contributed by atoms with Crippen molar-refractivity contribution in [3.63, 3.8) is 0 Å². The van der Waals surface area contributed by atoms with Crippen molar-refractivity contribution in [1.82, 2.24) is 4.57 Å². The largest absolute Gasteiger partial charge is 0.394 e. The molecule has 1 aromatic rings. The molecule has 5 atom stereocenters. The van der Waals surface area contributed by atoms with Crippen molar-refractivity contribution < 1.29 is 4.43 Å². The van der Waals surface area contributed by atoms with E-state index in [0.717, 1.165) is 0 Å². The average molecular weight is 410 g/mol. The lowest BCUT2D eigenvalue weighted by atomic mass is 9.76. The maximum atomic E-state index is 7.52. The van der Waals surface area contributed by atoms with Gasteiger partial charge in [0.15, 0.2) is 0 Å². The summed E-state index contributed by atoms with van der Waals surface area (Å²) in [5.74, 6) is 0.969. The molecule has 2 saturated heterocycles. The second-order valence-electron chi connectivity index (χ2n) is 11.8. The molecule has 1 spiro atoms. The minimum atomic E-state index is -2.37. The number of rotatable bonds is 2. The lowest BCUT2D eigenvalue weighted by Crippen LogP contribution is -2.67. The maximum Gasteiger partial charge on any atom is 0.284 e. The zero-order chi connectivity index (χ0) is 21.4. The van der Waals surface area contributed by atoms with E-state index in [1.807, 2.05) is 0 Å². The summed E-state index contributed by atoms with van der Waals surface area (Å²) in [6.07, 6.45) is 7.52. The monoisotopic (exact) mass is 409 g/mol. The molecule has 158 valence electrons. The molecule has 1 unspecified atom stereocenters. The second kappa shape index (κ2) is 6.42. The molecule has 0 amide bonds. The molecular formula is C26H39NOSi. The first kappa shape index (κ1) is 21.1. The van der Waals surface area contributed by atoms with Gasteiger partial charge in [-0.15, -0.1) is 0 Å². The third-order valence-electron chi connectivity index (χ3n) is 7.45. The summed E-state index contributed by atoms with van der Waals surface area (Å²) in [4.78, 5) is 0. The summed E-state index contributed by atoms with van der Waals surface area (Å²) < 4.78 is 10.4. The van der Waals surface area contributed by atoms with Gasteiger partial charge in [-0.3, -0.25) is 4.57 Å². The van der Waals surface area contributed by atoms with E-state index in [-0.39, 0.29) is 21.7 Å². The Balaban J connectivity index is 1.99. The van der Waals surface area contributed by atoms with Crippen LogP contribution in [0.2, 0.25) is 10.1 Å². The molecule has 3 aliphatic rings. The zero-order valence-corrected chi connectivity index (χ0v) is 20.8. The van der Waals surface area contributed by atoms with E-state index in [1.165, 1.54) is 11.1 Å². The fraction of sp³-hybridized carbons (Fsp3) is 0.615. The second-order valence-corrected chi connectivity index (χ2v) is 16.8. The smallest absolute Gasteiger partial charge is 0.284 e. The Morgan fingerprint density at radius 1 is 1.00 bits per heavy atom. The fourth-order valence-electron chi connectivity index (χ4n) is 6.79. The zero-order valence-electron chi connectivity index (χ0n) is 19.8. The van der Waals surface area contributed by atoms with E-state index in [2.05, 4.69) is 115 Å². The molecule has 29 heavy (non-hydrogen) atoms. The van der Waals surface area contributed by atoms with Crippen molar-refractivity contribution in [3.8, 4) is 0 Å². The summed E-state index contributed by atoms with van der Waals surface area (Å²) in [6, 6.07) is 11.5. The molecule has 0 bridgehead atoms. The van der Waals surface area contributed by atoms with Crippen LogP contribution >= 0.6 is 0 Å². The highest BCUT2D eigenvalue weighted by Crippen LogP contribution is 2.71. The summed E-state index contributed by atoms with van der Waals surface area (Å²) in [7, 11) is -2.37. The van der Waals surface area contributed by atoms with Gasteiger partial charge in [-0.25, -0.2) is 0 Å². The lowest BCUT2D eigenvalue weighted by Gasteiger charge is -2.58. The highest BCUT2D eigenvalue weighted by molar-refractivity contribution is 6.78. The van der Waals surface area contributed by atoms with Crippen LogP contribution in [-0.2, 0) is 4.43 Å². The standard InChI is InChI=1S/C26H39NOSi/c1-18(2)23-26-16-15-19(3)17-21(26)22(20-13-11-10-12-14-20)28-29(27(23)26,24(4,5)6)25(7,8)9/h10-18,21-23H,1-9H3/t21-,22-,23-,26-,27?/m1/s1. The molecule has 0 N–H and O–H groups in total. The van der Waals surface area contributed by atoms with E-state index in [9.17, 15) is 0 Å². The van der Waals surface area contributed by atoms with E-state index in [0.29, 0.717) is 17.9 Å². The van der Waals surface area contributed by atoms with E-state index in [4.69, 9.17) is 4.43 Å². The Kier molecular flexibility index (Phi) is 4.67. The molecule has 3 heteroatoms. The van der Waals surface area contributed by atoms with Crippen molar-refractivity contribution in [2.45, 2.75) is 90.1 Å². The van der Waals surface area contributed by atoms with Crippen LogP contribution in [0.4, 0.5) is 0 Å². The van der Waals surface area contributed by atoms with E-state index < -0.39 is 8.48 Å². The molecule has 0 saturated carbocycles. The molecule has 0 radical (unpaired) electrons. The molecule has 1 aromatic carbocycles. The highest BCUT2D eigenvalue weighted by atomic mass is 28.4. The quantitative estimate of drug-likeness (QED) is 0.384. The molecule has 0 aromatic heterocycles. The number of allylic oxidation sites excluding steroid dienone is 2. The molecule has 1 aliphatic carbocycles. The van der Waals surface area contributed by atoms with Crippen molar-refractivity contribution in [2.24, 2.45) is 11.8 Å². The highest BCUT2D eigenvalue weighted by Gasteiger charge is 2.82. The van der Waals surface area contributed by atoms with Gasteiger partial charge in [0.25, 0.3) is 8.48 Å². The fourth-order valence-corrected chi connectivity index (χ4v) is 13.7. The minimum absolute atomic E-state index is 0.0964. The minimum Gasteiger partial charge on any atom is -0.394 e. The molecule has 2 heterocycles. The predicted octanol–water partition coefficient (Wildman–Crippen LogP) is 7.01. The van der Waals surface area contributed by atoms with Gasteiger partial charge in [-0.05, 0) is 28.5 Å². The first-order valence-corrected chi connectivity index (χ1v) is 13.1. The first-order valence-electron chi connectivity index (χ1n) is 11.3. The summed E-state index contributed by atoms with van der Waals surface area (Å²) in [5, 5.41) is 0.202. The van der Waals surface area contributed by atoms with Crippen LogP contribution in [-0.4, -0.2) is 24.6 Å². The van der Waals surface area contributed by atoms with Crippen LogP contribution in [0.25, 0.3) is 0 Å². The van der Waals surface area contributed by atoms with E-state index >= 15 is 0 Å². The summed E-state index contributed by atoms with van der Waals surface area (Å²) in [6.45, 7) is 21.6. The van der Waals surface area contributed by atoms with Crippen molar-refractivity contribution in [1.29, 1.82) is 0 Å². The molecule has 2 nitrogen and oxygen atoms in total. The molecular weight excluding hydrogens is 370 g/mol. The Bertz CT molecular complexity index is 828. The van der Waals surface area contributed by atoms with Gasteiger partial charge in [0.2, 0.25) is 0 Å². The topological polar surface area (TPSA) is 12.2 Å². The third-order valence-corrected chi connectivity index (χ3v) is 13.5. The van der Waals surface area contributed by atoms with Crippen LogP contribution in [0.15, 0.2) is 54.1 Å². The van der Waals surface area contributed by atoms with Crippen LogP contribution in [0.1, 0.15) is 74.0 Å². The van der Waals surface area contributed by atoms with Gasteiger partial charge in [-0.2, -0.15) is 0 Å². The number of hydrogen-bond acceptors (Lipinski definition) is 2. The van der Waals surface area contributed by atoms with Crippen molar-refractivity contribution in [2.75, 3.05) is 0 Å². The molecule has 2 fully saturated rings. The summed E-state index contributed by atoms with van der Waals surface area (Å²) in [5.41, 5.74) is 2.79. The van der Waals surface area contributed by atoms with Gasteiger partial charge < -0.3 is 4.43 Å². The van der Waals surface area contributed by atoms with Crippen molar-refractivity contribution in [3.05, 3.63) is 59.7 Å². The SMILES string of the molecule is CC1=C[C@@H]2[C@@H](c3ccccc3)O[Si](C(C)(C)C)(C(C)(C)C)N3[C@H](C(C)C)[C@@]23C=C1. The Morgan fingerprint density at radius 3 is 2.10 bits per heavy atom. The van der Waals surface area contributed by atoms with Gasteiger partial charge in [-0.1, -0.05) is 110 Å². The number of hydrogen-bond donors (Lipinski definition) is 0. The van der Waals surface area contributed by atoms with Gasteiger partial charge >= 0.3 is 0 Å². The molecule has 2 aliphatic heterocycles. The maximum absolute atomic E-state index is 7.52. The van der Waals surface area contributed by atoms with Gasteiger partial charge in [0, 0.05) is 12.0 Å². The first-order chi connectivity index (χ1) is 13.4. The van der Waals surface area contributed by atoms with Crippen molar-refractivity contribution >= 4 is 8.48 Å². The Labute approximate surface area is 179 Å². The predicted molar refractivity (Wildman–Crippen MR) is 125 cm³/mol.